The normalized spacial score (nSPS) is 23.8. The van der Waals surface area contributed by atoms with E-state index in [9.17, 15) is 22.5 Å². The van der Waals surface area contributed by atoms with Gasteiger partial charge in [-0.1, -0.05) is 0 Å². The van der Waals surface area contributed by atoms with Gasteiger partial charge in [0.15, 0.2) is 0 Å². The number of alkyl halides is 2. The molecule has 2 unspecified atom stereocenters. The number of nitrogens with zero attached hydrogens (tertiary/aromatic N) is 4. The Morgan fingerprint density at radius 1 is 1.18 bits per heavy atom. The summed E-state index contributed by atoms with van der Waals surface area (Å²) >= 11 is 0. The van der Waals surface area contributed by atoms with E-state index in [4.69, 9.17) is 0 Å². The fourth-order valence-electron chi connectivity index (χ4n) is 4.77. The maximum absolute atomic E-state index is 13.3. The second-order valence-electron chi connectivity index (χ2n) is 9.19. The zero-order valence-corrected chi connectivity index (χ0v) is 19.0. The van der Waals surface area contributed by atoms with Gasteiger partial charge < -0.3 is 4.90 Å². The first-order valence-corrected chi connectivity index (χ1v) is 12.7. The molecule has 2 aromatic heterocycles. The average Bonchev–Trinajstić information content (AvgIpc) is 3.56. The first-order valence-electron chi connectivity index (χ1n) is 11.2. The highest BCUT2D eigenvalue weighted by atomic mass is 32.2. The van der Waals surface area contributed by atoms with Crippen molar-refractivity contribution < 1.29 is 17.2 Å². The number of pyridine rings is 2. The van der Waals surface area contributed by atoms with E-state index < -0.39 is 28.4 Å². The number of halogens is 2. The molecule has 3 heterocycles. The Morgan fingerprint density at radius 3 is 2.48 bits per heavy atom. The SMILES string of the molecule is C[C@H](NS(=O)(=O)c1ccc(C2C(C#N)c3cc(C(F)F)cnc3N2C2CCC2)nc1)C1CC1. The summed E-state index contributed by atoms with van der Waals surface area (Å²) < 4.78 is 54.8. The van der Waals surface area contributed by atoms with Crippen LogP contribution in [-0.4, -0.2) is 30.5 Å². The van der Waals surface area contributed by atoms with E-state index in [2.05, 4.69) is 20.8 Å². The standard InChI is InChI=1S/C23H25F2N5O2S/c1-13(14-5-6-14)29-33(31,32)17-7-8-20(27-12-17)21-19(10-26)18-9-15(22(24)25)11-28-23(18)30(21)16-3-2-4-16/h7-9,11-14,16,19,21-22,29H,2-6H2,1H3/t13-,19?,21?/m0/s1. The zero-order chi connectivity index (χ0) is 23.3. The van der Waals surface area contributed by atoms with E-state index in [1.807, 2.05) is 11.8 Å². The maximum Gasteiger partial charge on any atom is 0.265 e. The third-order valence-electron chi connectivity index (χ3n) is 7.01. The Morgan fingerprint density at radius 2 is 1.94 bits per heavy atom. The predicted octanol–water partition coefficient (Wildman–Crippen LogP) is 4.21. The van der Waals surface area contributed by atoms with E-state index in [-0.39, 0.29) is 22.5 Å². The van der Waals surface area contributed by atoms with Gasteiger partial charge >= 0.3 is 0 Å². The Bertz CT molecular complexity index is 1190. The lowest BCUT2D eigenvalue weighted by Gasteiger charge is -2.40. The van der Waals surface area contributed by atoms with Gasteiger partial charge in [0.05, 0.1) is 17.8 Å². The van der Waals surface area contributed by atoms with Crippen molar-refractivity contribution in [1.82, 2.24) is 14.7 Å². The fraction of sp³-hybridized carbons (Fsp3) is 0.522. The summed E-state index contributed by atoms with van der Waals surface area (Å²) in [5, 5.41) is 9.98. The van der Waals surface area contributed by atoms with Gasteiger partial charge in [0.25, 0.3) is 6.43 Å². The van der Waals surface area contributed by atoms with Crippen molar-refractivity contribution in [2.75, 3.05) is 4.90 Å². The molecule has 2 fully saturated rings. The van der Waals surface area contributed by atoms with Crippen LogP contribution in [0.15, 0.2) is 35.5 Å². The first-order chi connectivity index (χ1) is 15.8. The quantitative estimate of drug-likeness (QED) is 0.647. The molecule has 3 atom stereocenters. The van der Waals surface area contributed by atoms with E-state index in [0.29, 0.717) is 23.0 Å². The lowest BCUT2D eigenvalue weighted by atomic mass is 9.88. The predicted molar refractivity (Wildman–Crippen MR) is 117 cm³/mol. The van der Waals surface area contributed by atoms with Gasteiger partial charge in [-0.3, -0.25) is 4.98 Å². The largest absolute Gasteiger partial charge is 0.343 e. The fourth-order valence-corrected chi connectivity index (χ4v) is 6.02. The number of nitriles is 1. The molecule has 0 amide bonds. The third-order valence-corrected chi connectivity index (χ3v) is 8.56. The summed E-state index contributed by atoms with van der Waals surface area (Å²) in [5.74, 6) is 0.191. The van der Waals surface area contributed by atoms with Crippen LogP contribution in [0.2, 0.25) is 0 Å². The summed E-state index contributed by atoms with van der Waals surface area (Å²) in [6, 6.07) is 6.25. The molecular weight excluding hydrogens is 448 g/mol. The molecule has 0 spiro atoms. The molecule has 0 bridgehead atoms. The molecule has 2 saturated carbocycles. The minimum absolute atomic E-state index is 0.0658. The lowest BCUT2D eigenvalue weighted by molar-refractivity contribution is 0.151. The molecule has 3 aliphatic rings. The molecule has 0 radical (unpaired) electrons. The van der Waals surface area contributed by atoms with Crippen LogP contribution in [0.25, 0.3) is 0 Å². The summed E-state index contributed by atoms with van der Waals surface area (Å²) in [7, 11) is -3.70. The second kappa shape index (κ2) is 8.29. The van der Waals surface area contributed by atoms with Gasteiger partial charge in [0.2, 0.25) is 10.0 Å². The highest BCUT2D eigenvalue weighted by Crippen LogP contribution is 2.51. The van der Waals surface area contributed by atoms with Crippen molar-refractivity contribution in [3.63, 3.8) is 0 Å². The van der Waals surface area contributed by atoms with Gasteiger partial charge in [-0.25, -0.2) is 26.9 Å². The van der Waals surface area contributed by atoms with Crippen molar-refractivity contribution in [1.29, 1.82) is 5.26 Å². The smallest absolute Gasteiger partial charge is 0.265 e. The van der Waals surface area contributed by atoms with Crippen molar-refractivity contribution in [3.8, 4) is 6.07 Å². The van der Waals surface area contributed by atoms with Crippen molar-refractivity contribution in [2.45, 2.75) is 74.4 Å². The van der Waals surface area contributed by atoms with E-state index in [0.717, 1.165) is 32.1 Å². The van der Waals surface area contributed by atoms with Gasteiger partial charge in [-0.05, 0) is 63.1 Å². The molecule has 33 heavy (non-hydrogen) atoms. The molecule has 1 aliphatic heterocycles. The number of hydrogen-bond donors (Lipinski definition) is 1. The third kappa shape index (κ3) is 3.97. The van der Waals surface area contributed by atoms with E-state index in [1.54, 1.807) is 6.07 Å². The molecule has 5 rings (SSSR count). The molecule has 0 saturated heterocycles. The van der Waals surface area contributed by atoms with Gasteiger partial charge in [0, 0.05) is 35.6 Å². The number of hydrogen-bond acceptors (Lipinski definition) is 6. The summed E-state index contributed by atoms with van der Waals surface area (Å²) in [6.45, 7) is 1.86. The van der Waals surface area contributed by atoms with Crippen LogP contribution in [0.1, 0.15) is 74.2 Å². The molecular formula is C23H25F2N5O2S. The maximum atomic E-state index is 13.3. The molecule has 1 N–H and O–H groups in total. The van der Waals surface area contributed by atoms with Crippen molar-refractivity contribution in [3.05, 3.63) is 47.4 Å². The number of aromatic nitrogens is 2. The van der Waals surface area contributed by atoms with Gasteiger partial charge in [0.1, 0.15) is 16.6 Å². The monoisotopic (exact) mass is 473 g/mol. The molecule has 2 aromatic rings. The Hall–Kier alpha value is -2.64. The summed E-state index contributed by atoms with van der Waals surface area (Å²) in [5.41, 5.74) is 0.790. The van der Waals surface area contributed by atoms with Crippen LogP contribution in [0.5, 0.6) is 0 Å². The molecule has 174 valence electrons. The Kier molecular flexibility index (Phi) is 5.57. The Labute approximate surface area is 191 Å². The highest BCUT2D eigenvalue weighted by molar-refractivity contribution is 7.89. The van der Waals surface area contributed by atoms with Crippen molar-refractivity contribution in [2.24, 2.45) is 5.92 Å². The van der Waals surface area contributed by atoms with Crippen LogP contribution >= 0.6 is 0 Å². The van der Waals surface area contributed by atoms with Crippen LogP contribution in [0, 0.1) is 17.2 Å². The van der Waals surface area contributed by atoms with Gasteiger partial charge in [-0.2, -0.15) is 5.26 Å². The molecule has 2 aliphatic carbocycles. The van der Waals surface area contributed by atoms with Gasteiger partial charge in [-0.15, -0.1) is 0 Å². The van der Waals surface area contributed by atoms with Crippen LogP contribution in [0.4, 0.5) is 14.6 Å². The molecule has 0 aromatic carbocycles. The van der Waals surface area contributed by atoms with Crippen LogP contribution in [-0.2, 0) is 10.0 Å². The first kappa shape index (κ1) is 22.2. The number of anilines is 1. The minimum Gasteiger partial charge on any atom is -0.343 e. The molecule has 10 heteroatoms. The number of sulfonamides is 1. The zero-order valence-electron chi connectivity index (χ0n) is 18.2. The molecule has 7 nitrogen and oxygen atoms in total. The van der Waals surface area contributed by atoms with E-state index in [1.165, 1.54) is 24.5 Å². The number of fused-ring (bicyclic) bond motifs is 1. The average molecular weight is 474 g/mol. The van der Waals surface area contributed by atoms with Crippen LogP contribution in [0.3, 0.4) is 0 Å². The van der Waals surface area contributed by atoms with Crippen LogP contribution < -0.4 is 9.62 Å². The minimum atomic E-state index is -3.70. The van der Waals surface area contributed by atoms with Crippen molar-refractivity contribution >= 4 is 15.8 Å². The second-order valence-corrected chi connectivity index (χ2v) is 10.9. The lowest BCUT2D eigenvalue weighted by Crippen LogP contribution is -2.42. The Balaban J connectivity index is 1.48. The van der Waals surface area contributed by atoms with E-state index >= 15 is 0 Å². The summed E-state index contributed by atoms with van der Waals surface area (Å²) in [6.07, 6.45) is 4.74. The number of nitrogens with one attached hydrogen (secondary N) is 1. The summed E-state index contributed by atoms with van der Waals surface area (Å²) in [4.78, 5) is 10.8. The topological polar surface area (TPSA) is 99.0 Å². The number of rotatable bonds is 7. The highest BCUT2D eigenvalue weighted by Gasteiger charge is 2.46.